The van der Waals surface area contributed by atoms with Crippen LogP contribution < -0.4 is 19.9 Å². The molecule has 26 heavy (non-hydrogen) atoms. The van der Waals surface area contributed by atoms with Crippen molar-refractivity contribution in [1.82, 2.24) is 0 Å². The van der Waals surface area contributed by atoms with E-state index in [1.165, 1.54) is 0 Å². The molecule has 5 nitrogen and oxygen atoms in total. The maximum Gasteiger partial charge on any atom is 0.192 e. The summed E-state index contributed by atoms with van der Waals surface area (Å²) in [5.74, 6) is 1.63. The Morgan fingerprint density at radius 1 is 1.00 bits per heavy atom. The molecule has 0 atom stereocenters. The lowest BCUT2D eigenvalue weighted by Gasteiger charge is -2.12. The van der Waals surface area contributed by atoms with Gasteiger partial charge in [-0.3, -0.25) is 4.79 Å². The summed E-state index contributed by atoms with van der Waals surface area (Å²) in [6, 6.07) is 10.7. The van der Waals surface area contributed by atoms with Crippen molar-refractivity contribution in [2.75, 3.05) is 27.1 Å². The Morgan fingerprint density at radius 3 is 2.35 bits per heavy atom. The molecular weight excluding hydrogens is 330 g/mol. The molecule has 0 bridgehead atoms. The van der Waals surface area contributed by atoms with Crippen LogP contribution in [0.3, 0.4) is 0 Å². The van der Waals surface area contributed by atoms with Crippen molar-refractivity contribution < 1.29 is 19.0 Å². The minimum Gasteiger partial charge on any atom is -0.497 e. The summed E-state index contributed by atoms with van der Waals surface area (Å²) in [5.41, 5.74) is 8.45. The Hall–Kier alpha value is -2.95. The highest BCUT2D eigenvalue weighted by Gasteiger charge is 2.18. The molecule has 2 aromatic rings. The summed E-state index contributed by atoms with van der Waals surface area (Å²) in [5, 5.41) is 0. The van der Waals surface area contributed by atoms with Crippen LogP contribution in [0.5, 0.6) is 17.2 Å². The summed E-state index contributed by atoms with van der Waals surface area (Å²) < 4.78 is 15.9. The van der Waals surface area contributed by atoms with E-state index in [0.29, 0.717) is 40.5 Å². The average Bonchev–Trinajstić information content (AvgIpc) is 2.67. The van der Waals surface area contributed by atoms with Gasteiger partial charge in [0.15, 0.2) is 5.78 Å². The lowest BCUT2D eigenvalue weighted by Crippen LogP contribution is -2.06. The SMILES string of the molecule is CCCC(=Cc1ccc(N)c(OC)c1)C(=O)c1cc(OC)ccc1OC. The number of methoxy groups -OCH3 is 3. The van der Waals surface area contributed by atoms with Crippen molar-refractivity contribution in [3.8, 4) is 17.2 Å². The summed E-state index contributed by atoms with van der Waals surface area (Å²) in [4.78, 5) is 13.1. The van der Waals surface area contributed by atoms with Gasteiger partial charge in [0.1, 0.15) is 17.2 Å². The standard InChI is InChI=1S/C21H25NO4/c1-5-6-15(11-14-7-9-18(22)20(12-14)26-4)21(23)17-13-16(24-2)8-10-19(17)25-3/h7-13H,5-6,22H2,1-4H3. The first-order valence-electron chi connectivity index (χ1n) is 8.44. The molecule has 5 heteroatoms. The van der Waals surface area contributed by atoms with Crippen molar-refractivity contribution in [2.45, 2.75) is 19.8 Å². The monoisotopic (exact) mass is 355 g/mol. The van der Waals surface area contributed by atoms with Crippen molar-refractivity contribution in [3.05, 3.63) is 53.1 Å². The fraction of sp³-hybridized carbons (Fsp3) is 0.286. The molecule has 0 saturated heterocycles. The van der Waals surface area contributed by atoms with E-state index in [9.17, 15) is 4.79 Å². The van der Waals surface area contributed by atoms with E-state index >= 15 is 0 Å². The zero-order valence-corrected chi connectivity index (χ0v) is 15.7. The normalized spacial score (nSPS) is 11.2. The van der Waals surface area contributed by atoms with Gasteiger partial charge in [-0.25, -0.2) is 0 Å². The van der Waals surface area contributed by atoms with Crippen molar-refractivity contribution in [2.24, 2.45) is 0 Å². The van der Waals surface area contributed by atoms with Crippen LogP contribution in [0.15, 0.2) is 42.0 Å². The highest BCUT2D eigenvalue weighted by atomic mass is 16.5. The van der Waals surface area contributed by atoms with E-state index in [4.69, 9.17) is 19.9 Å². The highest BCUT2D eigenvalue weighted by Crippen LogP contribution is 2.29. The lowest BCUT2D eigenvalue weighted by atomic mass is 9.96. The van der Waals surface area contributed by atoms with Gasteiger partial charge in [0, 0.05) is 5.57 Å². The number of Topliss-reactive ketones (excluding diaryl/α,β-unsaturated/α-hetero) is 1. The molecule has 0 amide bonds. The molecule has 0 aromatic heterocycles. The zero-order chi connectivity index (χ0) is 19.1. The van der Waals surface area contributed by atoms with Crippen molar-refractivity contribution in [1.29, 1.82) is 0 Å². The summed E-state index contributed by atoms with van der Waals surface area (Å²) in [6.07, 6.45) is 3.36. The average molecular weight is 355 g/mol. The Bertz CT molecular complexity index is 812. The molecule has 0 aliphatic carbocycles. The molecular formula is C21H25NO4. The van der Waals surface area contributed by atoms with Crippen molar-refractivity contribution in [3.63, 3.8) is 0 Å². The van der Waals surface area contributed by atoms with Crippen LogP contribution in [-0.2, 0) is 0 Å². The van der Waals surface area contributed by atoms with E-state index < -0.39 is 0 Å². The minimum absolute atomic E-state index is 0.0848. The smallest absolute Gasteiger partial charge is 0.192 e. The molecule has 0 spiro atoms. The van der Waals surface area contributed by atoms with Crippen LogP contribution in [0.25, 0.3) is 6.08 Å². The first-order valence-corrected chi connectivity index (χ1v) is 8.44. The Balaban J connectivity index is 2.48. The van der Waals surface area contributed by atoms with Gasteiger partial charge in [-0.1, -0.05) is 19.4 Å². The number of nitrogens with two attached hydrogens (primary N) is 1. The first-order chi connectivity index (χ1) is 12.5. The highest BCUT2D eigenvalue weighted by molar-refractivity contribution is 6.13. The summed E-state index contributed by atoms with van der Waals surface area (Å²) >= 11 is 0. The molecule has 138 valence electrons. The zero-order valence-electron chi connectivity index (χ0n) is 15.7. The molecule has 0 aliphatic rings. The molecule has 2 N–H and O–H groups in total. The number of rotatable bonds is 8. The van der Waals surface area contributed by atoms with Gasteiger partial charge in [0.2, 0.25) is 0 Å². The second kappa shape index (κ2) is 8.94. The Morgan fingerprint density at radius 2 is 1.73 bits per heavy atom. The van der Waals surface area contributed by atoms with Gasteiger partial charge < -0.3 is 19.9 Å². The number of hydrogen-bond donors (Lipinski definition) is 1. The largest absolute Gasteiger partial charge is 0.497 e. The number of nitrogen functional groups attached to an aromatic ring is 1. The molecule has 0 heterocycles. The molecule has 0 unspecified atom stereocenters. The van der Waals surface area contributed by atoms with E-state index in [1.807, 2.05) is 25.1 Å². The number of ketones is 1. The van der Waals surface area contributed by atoms with Gasteiger partial charge in [0.05, 0.1) is 32.6 Å². The number of hydrogen-bond acceptors (Lipinski definition) is 5. The van der Waals surface area contributed by atoms with Gasteiger partial charge in [0.25, 0.3) is 0 Å². The van der Waals surface area contributed by atoms with Gasteiger partial charge in [-0.2, -0.15) is 0 Å². The molecule has 2 aromatic carbocycles. The molecule has 0 aliphatic heterocycles. The number of anilines is 1. The quantitative estimate of drug-likeness (QED) is 0.433. The number of carbonyl (C=O) groups excluding carboxylic acids is 1. The second-order valence-corrected chi connectivity index (χ2v) is 5.82. The van der Waals surface area contributed by atoms with E-state index in [-0.39, 0.29) is 5.78 Å². The lowest BCUT2D eigenvalue weighted by molar-refractivity contribution is 0.102. The molecule has 0 fully saturated rings. The topological polar surface area (TPSA) is 70.8 Å². The van der Waals surface area contributed by atoms with Gasteiger partial charge >= 0.3 is 0 Å². The molecule has 0 saturated carbocycles. The maximum absolute atomic E-state index is 13.1. The Labute approximate surface area is 154 Å². The van der Waals surface area contributed by atoms with Gasteiger partial charge in [-0.15, -0.1) is 0 Å². The minimum atomic E-state index is -0.0848. The van der Waals surface area contributed by atoms with E-state index in [0.717, 1.165) is 12.0 Å². The Kier molecular flexibility index (Phi) is 6.67. The number of carbonyl (C=O) groups is 1. The van der Waals surface area contributed by atoms with Crippen LogP contribution in [0.2, 0.25) is 0 Å². The number of ether oxygens (including phenoxy) is 3. The van der Waals surface area contributed by atoms with Crippen molar-refractivity contribution >= 4 is 17.5 Å². The predicted molar refractivity (Wildman–Crippen MR) is 104 cm³/mol. The summed E-state index contributed by atoms with van der Waals surface area (Å²) in [6.45, 7) is 2.04. The summed E-state index contributed by atoms with van der Waals surface area (Å²) in [7, 11) is 4.69. The van der Waals surface area contributed by atoms with Crippen LogP contribution in [0, 0.1) is 0 Å². The fourth-order valence-corrected chi connectivity index (χ4v) is 2.70. The molecule has 0 radical (unpaired) electrons. The van der Waals surface area contributed by atoms with E-state index in [2.05, 4.69) is 0 Å². The first kappa shape index (κ1) is 19.4. The third-order valence-electron chi connectivity index (χ3n) is 4.06. The van der Waals surface area contributed by atoms with E-state index in [1.54, 1.807) is 45.6 Å². The van der Waals surface area contributed by atoms with Gasteiger partial charge in [-0.05, 0) is 48.4 Å². The number of benzene rings is 2. The third kappa shape index (κ3) is 4.36. The van der Waals surface area contributed by atoms with Crippen LogP contribution in [-0.4, -0.2) is 27.1 Å². The number of allylic oxidation sites excluding steroid dienone is 1. The third-order valence-corrected chi connectivity index (χ3v) is 4.06. The second-order valence-electron chi connectivity index (χ2n) is 5.82. The molecule has 2 rings (SSSR count). The predicted octanol–water partition coefficient (Wildman–Crippen LogP) is 4.36. The van der Waals surface area contributed by atoms with Crippen LogP contribution >= 0.6 is 0 Å². The van der Waals surface area contributed by atoms with Crippen LogP contribution in [0.1, 0.15) is 35.7 Å². The van der Waals surface area contributed by atoms with Crippen LogP contribution in [0.4, 0.5) is 5.69 Å². The fourth-order valence-electron chi connectivity index (χ4n) is 2.70. The maximum atomic E-state index is 13.1.